The number of hydrogen-bond acceptors (Lipinski definition) is 2. The molecular formula is C11H20FN3. The maximum Gasteiger partial charge on any atom is 0.129 e. The number of nitrogens with zero attached hydrogens (tertiary/aromatic N) is 2. The van der Waals surface area contributed by atoms with Crippen molar-refractivity contribution in [2.45, 2.75) is 45.3 Å². The van der Waals surface area contributed by atoms with Crippen LogP contribution in [0.2, 0.25) is 0 Å². The van der Waals surface area contributed by atoms with E-state index in [-0.39, 0.29) is 6.54 Å². The number of hydrogen-bond donors (Lipinski definition) is 1. The van der Waals surface area contributed by atoms with Gasteiger partial charge in [0.2, 0.25) is 0 Å². The normalized spacial score (nSPS) is 15.2. The van der Waals surface area contributed by atoms with E-state index in [0.717, 1.165) is 18.8 Å². The number of halogens is 1. The fourth-order valence-corrected chi connectivity index (χ4v) is 1.58. The fraction of sp³-hybridized carbons (Fsp3) is 0.727. The molecule has 1 aromatic heterocycles. The Morgan fingerprint density at radius 2 is 2.27 bits per heavy atom. The lowest BCUT2D eigenvalue weighted by molar-refractivity contribution is 0.162. The van der Waals surface area contributed by atoms with Crippen molar-refractivity contribution in [2.24, 2.45) is 5.73 Å². The number of aryl methyl sites for hydroxylation is 1. The van der Waals surface area contributed by atoms with Gasteiger partial charge in [-0.1, -0.05) is 13.8 Å². The highest BCUT2D eigenvalue weighted by molar-refractivity contribution is 4.99. The molecule has 0 spiro atoms. The van der Waals surface area contributed by atoms with Crippen LogP contribution < -0.4 is 5.73 Å². The molecule has 0 bridgehead atoms. The maximum absolute atomic E-state index is 14.1. The molecule has 0 fully saturated rings. The van der Waals surface area contributed by atoms with Crippen molar-refractivity contribution in [3.63, 3.8) is 0 Å². The van der Waals surface area contributed by atoms with E-state index in [1.807, 2.05) is 17.7 Å². The molecule has 0 aliphatic carbocycles. The summed E-state index contributed by atoms with van der Waals surface area (Å²) >= 11 is 0. The van der Waals surface area contributed by atoms with Crippen molar-refractivity contribution in [3.8, 4) is 0 Å². The first-order valence-electron chi connectivity index (χ1n) is 5.54. The van der Waals surface area contributed by atoms with Gasteiger partial charge in [0.15, 0.2) is 0 Å². The van der Waals surface area contributed by atoms with Gasteiger partial charge in [-0.3, -0.25) is 0 Å². The van der Waals surface area contributed by atoms with Crippen LogP contribution in [-0.2, 0) is 13.0 Å². The molecule has 0 aliphatic rings. The van der Waals surface area contributed by atoms with E-state index in [1.54, 1.807) is 6.20 Å². The Labute approximate surface area is 90.5 Å². The van der Waals surface area contributed by atoms with E-state index in [9.17, 15) is 4.39 Å². The lowest BCUT2D eigenvalue weighted by Gasteiger charge is -2.21. The van der Waals surface area contributed by atoms with Crippen molar-refractivity contribution in [3.05, 3.63) is 18.2 Å². The standard InChI is InChI=1S/C11H20FN3/c1-3-6-15-7-5-14-10(15)8-11(12,4-2)9-13/h5,7H,3-4,6,8-9,13H2,1-2H3. The summed E-state index contributed by atoms with van der Waals surface area (Å²) in [5.74, 6) is 0.798. The smallest absolute Gasteiger partial charge is 0.129 e. The van der Waals surface area contributed by atoms with E-state index in [4.69, 9.17) is 5.73 Å². The molecule has 0 radical (unpaired) electrons. The quantitative estimate of drug-likeness (QED) is 0.784. The van der Waals surface area contributed by atoms with E-state index >= 15 is 0 Å². The molecule has 15 heavy (non-hydrogen) atoms. The Hall–Kier alpha value is -0.900. The molecule has 86 valence electrons. The topological polar surface area (TPSA) is 43.8 Å². The molecule has 0 amide bonds. The highest BCUT2D eigenvalue weighted by Gasteiger charge is 2.27. The summed E-state index contributed by atoms with van der Waals surface area (Å²) in [5, 5.41) is 0. The zero-order valence-electron chi connectivity index (χ0n) is 9.54. The van der Waals surface area contributed by atoms with Gasteiger partial charge in [-0.2, -0.15) is 0 Å². The van der Waals surface area contributed by atoms with Crippen molar-refractivity contribution in [2.75, 3.05) is 6.54 Å². The van der Waals surface area contributed by atoms with Crippen LogP contribution in [0.4, 0.5) is 4.39 Å². The first kappa shape index (κ1) is 12.2. The predicted molar refractivity (Wildman–Crippen MR) is 59.4 cm³/mol. The van der Waals surface area contributed by atoms with Gasteiger partial charge in [-0.15, -0.1) is 0 Å². The Balaban J connectivity index is 2.74. The average Bonchev–Trinajstić information content (AvgIpc) is 2.66. The molecule has 1 heterocycles. The summed E-state index contributed by atoms with van der Waals surface area (Å²) < 4.78 is 16.1. The Morgan fingerprint density at radius 3 is 2.80 bits per heavy atom. The first-order valence-corrected chi connectivity index (χ1v) is 5.54. The third kappa shape index (κ3) is 3.02. The molecule has 4 heteroatoms. The third-order valence-electron chi connectivity index (χ3n) is 2.74. The van der Waals surface area contributed by atoms with Gasteiger partial charge in [0.25, 0.3) is 0 Å². The number of imidazole rings is 1. The molecule has 0 saturated heterocycles. The number of alkyl halides is 1. The molecule has 1 aromatic rings. The summed E-state index contributed by atoms with van der Waals surface area (Å²) in [7, 11) is 0. The monoisotopic (exact) mass is 213 g/mol. The van der Waals surface area contributed by atoms with Gasteiger partial charge in [-0.05, 0) is 12.8 Å². The predicted octanol–water partition coefficient (Wildman–Crippen LogP) is 1.91. The molecule has 1 rings (SSSR count). The Bertz CT molecular complexity index is 292. The lowest BCUT2D eigenvalue weighted by Crippen LogP contribution is -2.35. The second kappa shape index (κ2) is 5.26. The number of nitrogens with two attached hydrogens (primary N) is 1. The molecular weight excluding hydrogens is 193 g/mol. The molecule has 1 unspecified atom stereocenters. The van der Waals surface area contributed by atoms with Crippen LogP contribution >= 0.6 is 0 Å². The van der Waals surface area contributed by atoms with E-state index < -0.39 is 5.67 Å². The van der Waals surface area contributed by atoms with Gasteiger partial charge < -0.3 is 10.3 Å². The number of aromatic nitrogens is 2. The van der Waals surface area contributed by atoms with E-state index in [0.29, 0.717) is 12.8 Å². The lowest BCUT2D eigenvalue weighted by atomic mass is 9.98. The highest BCUT2D eigenvalue weighted by Crippen LogP contribution is 2.20. The second-order valence-electron chi connectivity index (χ2n) is 3.92. The third-order valence-corrected chi connectivity index (χ3v) is 2.74. The SMILES string of the molecule is CCCn1ccnc1CC(F)(CC)CN. The summed E-state index contributed by atoms with van der Waals surface area (Å²) in [5.41, 5.74) is 4.14. The highest BCUT2D eigenvalue weighted by atomic mass is 19.1. The maximum atomic E-state index is 14.1. The van der Waals surface area contributed by atoms with Crippen LogP contribution in [0.5, 0.6) is 0 Å². The first-order chi connectivity index (χ1) is 7.15. The van der Waals surface area contributed by atoms with Gasteiger partial charge in [0.1, 0.15) is 11.5 Å². The van der Waals surface area contributed by atoms with Crippen molar-refractivity contribution >= 4 is 0 Å². The van der Waals surface area contributed by atoms with Crippen LogP contribution in [0.25, 0.3) is 0 Å². The molecule has 0 saturated carbocycles. The minimum atomic E-state index is -1.31. The zero-order valence-corrected chi connectivity index (χ0v) is 9.54. The van der Waals surface area contributed by atoms with Crippen LogP contribution in [0.15, 0.2) is 12.4 Å². The molecule has 0 aliphatic heterocycles. The molecule has 0 aromatic carbocycles. The largest absolute Gasteiger partial charge is 0.335 e. The minimum Gasteiger partial charge on any atom is -0.335 e. The van der Waals surface area contributed by atoms with Crippen molar-refractivity contribution < 1.29 is 4.39 Å². The number of rotatable bonds is 6. The summed E-state index contributed by atoms with van der Waals surface area (Å²) in [6.45, 7) is 4.86. The van der Waals surface area contributed by atoms with Crippen LogP contribution in [0.3, 0.4) is 0 Å². The van der Waals surface area contributed by atoms with Crippen molar-refractivity contribution in [1.29, 1.82) is 0 Å². The van der Waals surface area contributed by atoms with Gasteiger partial charge in [0, 0.05) is 31.9 Å². The second-order valence-corrected chi connectivity index (χ2v) is 3.92. The summed E-state index contributed by atoms with van der Waals surface area (Å²) in [4.78, 5) is 4.18. The van der Waals surface area contributed by atoms with Crippen LogP contribution in [-0.4, -0.2) is 21.8 Å². The molecule has 3 nitrogen and oxygen atoms in total. The van der Waals surface area contributed by atoms with Crippen LogP contribution in [0.1, 0.15) is 32.5 Å². The average molecular weight is 213 g/mol. The Kier molecular flexibility index (Phi) is 4.27. The van der Waals surface area contributed by atoms with Gasteiger partial charge in [0.05, 0.1) is 0 Å². The van der Waals surface area contributed by atoms with Crippen LogP contribution in [0, 0.1) is 0 Å². The van der Waals surface area contributed by atoms with Gasteiger partial charge >= 0.3 is 0 Å². The minimum absolute atomic E-state index is 0.0580. The van der Waals surface area contributed by atoms with E-state index in [1.165, 1.54) is 0 Å². The summed E-state index contributed by atoms with van der Waals surface area (Å²) in [6.07, 6.45) is 5.38. The Morgan fingerprint density at radius 1 is 1.53 bits per heavy atom. The fourth-order valence-electron chi connectivity index (χ4n) is 1.58. The molecule has 1 atom stereocenters. The van der Waals surface area contributed by atoms with E-state index in [2.05, 4.69) is 11.9 Å². The van der Waals surface area contributed by atoms with Gasteiger partial charge in [-0.25, -0.2) is 9.37 Å². The van der Waals surface area contributed by atoms with Crippen molar-refractivity contribution in [1.82, 2.24) is 9.55 Å². The summed E-state index contributed by atoms with van der Waals surface area (Å²) in [6, 6.07) is 0. The zero-order chi connectivity index (χ0) is 11.3. The molecule has 2 N–H and O–H groups in total.